The van der Waals surface area contributed by atoms with Gasteiger partial charge in [-0.1, -0.05) is 60.7 Å². The van der Waals surface area contributed by atoms with Crippen molar-refractivity contribution >= 4 is 27.7 Å². The lowest BCUT2D eigenvalue weighted by atomic mass is 10.1. The van der Waals surface area contributed by atoms with Gasteiger partial charge in [0.2, 0.25) is 0 Å². The van der Waals surface area contributed by atoms with Gasteiger partial charge in [-0.3, -0.25) is 4.79 Å². The summed E-state index contributed by atoms with van der Waals surface area (Å²) >= 11 is 0. The number of hydrogen-bond donors (Lipinski definition) is 1. The molecule has 1 amide bonds. The fraction of sp³-hybridized carbons (Fsp3) is 0.200. The molecule has 6 heteroatoms. The lowest BCUT2D eigenvalue weighted by molar-refractivity contribution is -0.123. The molecule has 5 aromatic rings. The van der Waals surface area contributed by atoms with Crippen LogP contribution >= 0.6 is 0 Å². The van der Waals surface area contributed by atoms with Crippen molar-refractivity contribution in [2.45, 2.75) is 19.4 Å². The number of fused-ring (bicyclic) bond motifs is 2. The minimum absolute atomic E-state index is 0.00740. The van der Waals surface area contributed by atoms with E-state index in [-0.39, 0.29) is 12.5 Å². The third kappa shape index (κ3) is 5.84. The van der Waals surface area contributed by atoms with Crippen molar-refractivity contribution < 1.29 is 14.3 Å². The normalized spacial score (nSPS) is 11.0. The summed E-state index contributed by atoms with van der Waals surface area (Å²) in [6, 6.07) is 31.9. The molecule has 0 radical (unpaired) electrons. The van der Waals surface area contributed by atoms with E-state index in [0.29, 0.717) is 25.3 Å². The Labute approximate surface area is 210 Å². The number of amides is 1. The van der Waals surface area contributed by atoms with E-state index in [4.69, 9.17) is 14.5 Å². The molecule has 0 aliphatic carbocycles. The molecular formula is C30H29N3O3. The van der Waals surface area contributed by atoms with Crippen molar-refractivity contribution in [1.29, 1.82) is 0 Å². The molecule has 1 aromatic heterocycles. The molecule has 5 rings (SSSR count). The van der Waals surface area contributed by atoms with Crippen molar-refractivity contribution in [2.75, 3.05) is 19.8 Å². The number of aryl methyl sites for hydroxylation is 1. The lowest BCUT2D eigenvalue weighted by Crippen LogP contribution is -2.31. The fourth-order valence-corrected chi connectivity index (χ4v) is 4.27. The first-order chi connectivity index (χ1) is 17.8. The maximum atomic E-state index is 12.2. The Balaban J connectivity index is 1.15. The Kier molecular flexibility index (Phi) is 7.42. The van der Waals surface area contributed by atoms with E-state index in [1.54, 1.807) is 0 Å². The van der Waals surface area contributed by atoms with Crippen molar-refractivity contribution in [3.63, 3.8) is 0 Å². The minimum atomic E-state index is -0.148. The molecule has 0 aliphatic rings. The first-order valence-corrected chi connectivity index (χ1v) is 12.3. The summed E-state index contributed by atoms with van der Waals surface area (Å²) in [5.74, 6) is 2.36. The highest BCUT2D eigenvalue weighted by atomic mass is 16.5. The van der Waals surface area contributed by atoms with Crippen LogP contribution in [0, 0.1) is 0 Å². The molecule has 0 unspecified atom stereocenters. The predicted octanol–water partition coefficient (Wildman–Crippen LogP) is 5.40. The fourth-order valence-electron chi connectivity index (χ4n) is 4.27. The number of nitrogens with zero attached hydrogens (tertiary/aromatic N) is 2. The first kappa shape index (κ1) is 23.4. The van der Waals surface area contributed by atoms with Crippen LogP contribution in [0.1, 0.15) is 12.2 Å². The summed E-state index contributed by atoms with van der Waals surface area (Å²) in [4.78, 5) is 17.0. The van der Waals surface area contributed by atoms with Gasteiger partial charge in [0.25, 0.3) is 5.91 Å². The van der Waals surface area contributed by atoms with Gasteiger partial charge in [-0.25, -0.2) is 4.98 Å². The number of aromatic nitrogens is 2. The smallest absolute Gasteiger partial charge is 0.257 e. The van der Waals surface area contributed by atoms with Crippen molar-refractivity contribution in [1.82, 2.24) is 14.9 Å². The van der Waals surface area contributed by atoms with Gasteiger partial charge in [-0.2, -0.15) is 0 Å². The SMILES string of the molecule is O=C(COc1ccccc1)NCCc1nc2ccccc2n1CCCOc1ccc2ccccc2c1. The van der Waals surface area contributed by atoms with Gasteiger partial charge in [0.05, 0.1) is 17.6 Å². The van der Waals surface area contributed by atoms with Crippen molar-refractivity contribution in [2.24, 2.45) is 0 Å². The Morgan fingerprint density at radius 1 is 0.806 bits per heavy atom. The van der Waals surface area contributed by atoms with E-state index in [9.17, 15) is 4.79 Å². The molecule has 0 bridgehead atoms. The van der Waals surface area contributed by atoms with Crippen LogP contribution in [0.3, 0.4) is 0 Å². The second kappa shape index (κ2) is 11.4. The lowest BCUT2D eigenvalue weighted by Gasteiger charge is -2.12. The maximum Gasteiger partial charge on any atom is 0.257 e. The predicted molar refractivity (Wildman–Crippen MR) is 142 cm³/mol. The Hall–Kier alpha value is -4.32. The van der Waals surface area contributed by atoms with E-state index in [1.807, 2.05) is 66.7 Å². The second-order valence-electron chi connectivity index (χ2n) is 8.58. The zero-order valence-electron chi connectivity index (χ0n) is 20.1. The number of rotatable bonds is 11. The quantitative estimate of drug-likeness (QED) is 0.258. The monoisotopic (exact) mass is 479 g/mol. The summed E-state index contributed by atoms with van der Waals surface area (Å²) in [5.41, 5.74) is 2.05. The number of nitrogens with one attached hydrogen (secondary N) is 1. The van der Waals surface area contributed by atoms with Crippen LogP contribution in [0.5, 0.6) is 11.5 Å². The van der Waals surface area contributed by atoms with E-state index in [0.717, 1.165) is 35.6 Å². The summed E-state index contributed by atoms with van der Waals surface area (Å²) in [6.45, 7) is 1.88. The molecule has 4 aromatic carbocycles. The summed E-state index contributed by atoms with van der Waals surface area (Å²) in [5, 5.41) is 5.32. The summed E-state index contributed by atoms with van der Waals surface area (Å²) < 4.78 is 13.8. The largest absolute Gasteiger partial charge is 0.494 e. The highest BCUT2D eigenvalue weighted by Gasteiger charge is 2.11. The van der Waals surface area contributed by atoms with Gasteiger partial charge in [-0.15, -0.1) is 0 Å². The number of para-hydroxylation sites is 3. The Bertz CT molecular complexity index is 1450. The topological polar surface area (TPSA) is 65.4 Å². The molecule has 1 heterocycles. The van der Waals surface area contributed by atoms with Crippen LogP contribution in [0.15, 0.2) is 97.1 Å². The van der Waals surface area contributed by atoms with Crippen LogP contribution in [0.4, 0.5) is 0 Å². The first-order valence-electron chi connectivity index (χ1n) is 12.3. The number of hydrogen-bond acceptors (Lipinski definition) is 4. The van der Waals surface area contributed by atoms with Gasteiger partial charge in [0, 0.05) is 19.5 Å². The van der Waals surface area contributed by atoms with Gasteiger partial charge in [0.1, 0.15) is 17.3 Å². The van der Waals surface area contributed by atoms with Gasteiger partial charge < -0.3 is 19.4 Å². The molecule has 6 nitrogen and oxygen atoms in total. The number of carbonyl (C=O) groups is 1. The number of benzene rings is 4. The maximum absolute atomic E-state index is 12.2. The van der Waals surface area contributed by atoms with Crippen LogP contribution in [-0.2, 0) is 17.8 Å². The average molecular weight is 480 g/mol. The van der Waals surface area contributed by atoms with Crippen LogP contribution < -0.4 is 14.8 Å². The van der Waals surface area contributed by atoms with E-state index in [1.165, 1.54) is 10.8 Å². The molecular weight excluding hydrogens is 450 g/mol. The van der Waals surface area contributed by atoms with Gasteiger partial charge >= 0.3 is 0 Å². The van der Waals surface area contributed by atoms with E-state index in [2.05, 4.69) is 40.2 Å². The number of carbonyl (C=O) groups excluding carboxylic acids is 1. The molecule has 0 spiro atoms. The number of imidazole rings is 1. The van der Waals surface area contributed by atoms with Gasteiger partial charge in [-0.05, 0) is 53.6 Å². The molecule has 182 valence electrons. The average Bonchev–Trinajstić information content (AvgIpc) is 3.27. The zero-order chi connectivity index (χ0) is 24.6. The third-order valence-corrected chi connectivity index (χ3v) is 6.03. The van der Waals surface area contributed by atoms with Crippen molar-refractivity contribution in [3.05, 3.63) is 103 Å². The third-order valence-electron chi connectivity index (χ3n) is 6.03. The minimum Gasteiger partial charge on any atom is -0.494 e. The molecule has 0 fully saturated rings. The highest BCUT2D eigenvalue weighted by molar-refractivity contribution is 5.83. The number of ether oxygens (including phenoxy) is 2. The van der Waals surface area contributed by atoms with Gasteiger partial charge in [0.15, 0.2) is 6.61 Å². The van der Waals surface area contributed by atoms with E-state index >= 15 is 0 Å². The molecule has 0 atom stereocenters. The zero-order valence-corrected chi connectivity index (χ0v) is 20.1. The van der Waals surface area contributed by atoms with Crippen LogP contribution in [0.2, 0.25) is 0 Å². The Morgan fingerprint density at radius 3 is 2.47 bits per heavy atom. The van der Waals surface area contributed by atoms with E-state index < -0.39 is 0 Å². The molecule has 0 aliphatic heterocycles. The second-order valence-corrected chi connectivity index (χ2v) is 8.58. The van der Waals surface area contributed by atoms with Crippen LogP contribution in [-0.4, -0.2) is 35.2 Å². The summed E-state index contributed by atoms with van der Waals surface area (Å²) in [7, 11) is 0. The molecule has 0 saturated carbocycles. The highest BCUT2D eigenvalue weighted by Crippen LogP contribution is 2.21. The van der Waals surface area contributed by atoms with Crippen molar-refractivity contribution in [3.8, 4) is 11.5 Å². The molecule has 1 N–H and O–H groups in total. The standard InChI is InChI=1S/C30H29N3O3/c34-30(22-36-25-11-2-1-3-12-25)31-18-17-29-32-27-13-6-7-14-28(27)33(29)19-8-20-35-26-16-15-23-9-4-5-10-24(23)21-26/h1-7,9-16,21H,8,17-20,22H2,(H,31,34). The molecule has 0 saturated heterocycles. The Morgan fingerprint density at radius 2 is 1.58 bits per heavy atom. The van der Waals surface area contributed by atoms with Crippen LogP contribution in [0.25, 0.3) is 21.8 Å². The molecule has 36 heavy (non-hydrogen) atoms. The summed E-state index contributed by atoms with van der Waals surface area (Å²) in [6.07, 6.45) is 1.48.